The monoisotopic (exact) mass is 243 g/mol. The fourth-order valence-corrected chi connectivity index (χ4v) is 2.43. The molecule has 1 aliphatic heterocycles. The molecule has 94 valence electrons. The van der Waals surface area contributed by atoms with Crippen LogP contribution in [0.5, 0.6) is 0 Å². The Kier molecular flexibility index (Phi) is 3.11. The zero-order valence-electron chi connectivity index (χ0n) is 10.5. The van der Waals surface area contributed by atoms with Crippen LogP contribution in [0.3, 0.4) is 0 Å². The molecule has 1 atom stereocenters. The molecule has 18 heavy (non-hydrogen) atoms. The third kappa shape index (κ3) is 2.04. The molecule has 1 saturated heterocycles. The Labute approximate surface area is 106 Å². The lowest BCUT2D eigenvalue weighted by Crippen LogP contribution is -2.14. The Morgan fingerprint density at radius 3 is 3.06 bits per heavy atom. The highest BCUT2D eigenvalue weighted by Gasteiger charge is 2.22. The van der Waals surface area contributed by atoms with Crippen molar-refractivity contribution in [1.29, 1.82) is 0 Å². The number of nitrogens with one attached hydrogen (secondary N) is 1. The summed E-state index contributed by atoms with van der Waals surface area (Å²) in [4.78, 5) is 4.53. The molecule has 0 saturated carbocycles. The van der Waals surface area contributed by atoms with Gasteiger partial charge in [-0.3, -0.25) is 0 Å². The van der Waals surface area contributed by atoms with Crippen molar-refractivity contribution < 1.29 is 4.52 Å². The van der Waals surface area contributed by atoms with Crippen LogP contribution in [0, 0.1) is 0 Å². The minimum absolute atomic E-state index is 0.260. The first-order valence-electron chi connectivity index (χ1n) is 6.53. The van der Waals surface area contributed by atoms with E-state index in [0.717, 1.165) is 30.8 Å². The normalized spacial score (nSPS) is 19.3. The maximum atomic E-state index is 5.40. The van der Waals surface area contributed by atoms with Crippen LogP contribution in [0.15, 0.2) is 28.8 Å². The molecule has 4 nitrogen and oxygen atoms in total. The van der Waals surface area contributed by atoms with E-state index in [1.165, 1.54) is 12.0 Å². The Balaban J connectivity index is 1.92. The summed E-state index contributed by atoms with van der Waals surface area (Å²) in [6, 6.07) is 8.45. The van der Waals surface area contributed by atoms with Gasteiger partial charge in [0, 0.05) is 5.56 Å². The van der Waals surface area contributed by atoms with Crippen LogP contribution in [0.2, 0.25) is 0 Å². The van der Waals surface area contributed by atoms with E-state index >= 15 is 0 Å². The van der Waals surface area contributed by atoms with Crippen molar-refractivity contribution in [2.24, 2.45) is 0 Å². The maximum absolute atomic E-state index is 5.40. The number of aryl methyl sites for hydroxylation is 1. The molecule has 3 rings (SSSR count). The predicted molar refractivity (Wildman–Crippen MR) is 69.1 cm³/mol. The lowest BCUT2D eigenvalue weighted by Gasteiger charge is -2.03. The molecule has 0 spiro atoms. The lowest BCUT2D eigenvalue weighted by atomic mass is 10.1. The molecule has 0 bridgehead atoms. The lowest BCUT2D eigenvalue weighted by molar-refractivity contribution is 0.412. The Morgan fingerprint density at radius 2 is 2.28 bits per heavy atom. The van der Waals surface area contributed by atoms with Crippen LogP contribution in [0.4, 0.5) is 0 Å². The van der Waals surface area contributed by atoms with Gasteiger partial charge >= 0.3 is 0 Å². The molecule has 1 fully saturated rings. The fraction of sp³-hybridized carbons (Fsp3) is 0.429. The molecule has 1 N–H and O–H groups in total. The van der Waals surface area contributed by atoms with E-state index < -0.39 is 0 Å². The molecule has 1 unspecified atom stereocenters. The van der Waals surface area contributed by atoms with Gasteiger partial charge < -0.3 is 9.84 Å². The van der Waals surface area contributed by atoms with E-state index in [-0.39, 0.29) is 6.04 Å². The molecule has 0 amide bonds. The van der Waals surface area contributed by atoms with E-state index in [9.17, 15) is 0 Å². The van der Waals surface area contributed by atoms with Gasteiger partial charge in [-0.05, 0) is 37.4 Å². The maximum Gasteiger partial charge on any atom is 0.258 e. The topological polar surface area (TPSA) is 51.0 Å². The van der Waals surface area contributed by atoms with Gasteiger partial charge in [0.25, 0.3) is 5.89 Å². The molecule has 1 aromatic heterocycles. The third-order valence-corrected chi connectivity index (χ3v) is 3.44. The summed E-state index contributed by atoms with van der Waals surface area (Å²) in [5, 5.41) is 7.48. The summed E-state index contributed by atoms with van der Waals surface area (Å²) in [6.45, 7) is 3.18. The average molecular weight is 243 g/mol. The summed E-state index contributed by atoms with van der Waals surface area (Å²) in [5.74, 6) is 1.42. The van der Waals surface area contributed by atoms with E-state index in [1.54, 1.807) is 0 Å². The van der Waals surface area contributed by atoms with Crippen molar-refractivity contribution in [3.8, 4) is 11.5 Å². The minimum atomic E-state index is 0.260. The molecule has 0 aliphatic carbocycles. The van der Waals surface area contributed by atoms with Gasteiger partial charge in [-0.2, -0.15) is 4.98 Å². The van der Waals surface area contributed by atoms with Gasteiger partial charge in [-0.1, -0.05) is 30.3 Å². The van der Waals surface area contributed by atoms with Gasteiger partial charge in [0.05, 0.1) is 6.04 Å². The average Bonchev–Trinajstić information content (AvgIpc) is 3.09. The van der Waals surface area contributed by atoms with Crippen LogP contribution in [-0.4, -0.2) is 16.7 Å². The first-order chi connectivity index (χ1) is 8.88. The van der Waals surface area contributed by atoms with Gasteiger partial charge in [0.15, 0.2) is 5.82 Å². The highest BCUT2D eigenvalue weighted by atomic mass is 16.5. The molecule has 1 aromatic carbocycles. The smallest absolute Gasteiger partial charge is 0.258 e. The van der Waals surface area contributed by atoms with E-state index in [2.05, 4.69) is 28.4 Å². The molecular formula is C14H17N3O. The molecule has 2 heterocycles. The number of aromatic nitrogens is 2. The van der Waals surface area contributed by atoms with Crippen molar-refractivity contribution in [3.05, 3.63) is 35.7 Å². The molecule has 1 aliphatic rings. The second-order valence-corrected chi connectivity index (χ2v) is 4.62. The first kappa shape index (κ1) is 11.4. The zero-order chi connectivity index (χ0) is 12.4. The van der Waals surface area contributed by atoms with Crippen molar-refractivity contribution in [2.45, 2.75) is 32.2 Å². The zero-order valence-corrected chi connectivity index (χ0v) is 10.5. The van der Waals surface area contributed by atoms with Crippen molar-refractivity contribution in [2.75, 3.05) is 6.54 Å². The molecular weight excluding hydrogens is 226 g/mol. The van der Waals surface area contributed by atoms with Gasteiger partial charge in [0.1, 0.15) is 0 Å². The quantitative estimate of drug-likeness (QED) is 0.900. The second-order valence-electron chi connectivity index (χ2n) is 4.62. The summed E-state index contributed by atoms with van der Waals surface area (Å²) in [5.41, 5.74) is 2.30. The molecule has 2 aromatic rings. The van der Waals surface area contributed by atoms with Crippen LogP contribution in [0.25, 0.3) is 11.5 Å². The number of hydrogen-bond donors (Lipinski definition) is 1. The standard InChI is InChI=1S/C14H17N3O/c1-2-10-6-3-4-7-11(10)14-16-13(17-18-14)12-8-5-9-15-12/h3-4,6-7,12,15H,2,5,8-9H2,1H3. The summed E-state index contributed by atoms with van der Waals surface area (Å²) in [6.07, 6.45) is 3.24. The first-order valence-corrected chi connectivity index (χ1v) is 6.53. The largest absolute Gasteiger partial charge is 0.334 e. The van der Waals surface area contributed by atoms with Crippen LogP contribution < -0.4 is 5.32 Å². The number of benzene rings is 1. The van der Waals surface area contributed by atoms with Crippen LogP contribution >= 0.6 is 0 Å². The highest BCUT2D eigenvalue weighted by molar-refractivity contribution is 5.58. The third-order valence-electron chi connectivity index (χ3n) is 3.44. The highest BCUT2D eigenvalue weighted by Crippen LogP contribution is 2.26. The predicted octanol–water partition coefficient (Wildman–Crippen LogP) is 2.72. The number of hydrogen-bond acceptors (Lipinski definition) is 4. The Morgan fingerprint density at radius 1 is 1.39 bits per heavy atom. The van der Waals surface area contributed by atoms with Gasteiger partial charge in [0.2, 0.25) is 0 Å². The summed E-state index contributed by atoms with van der Waals surface area (Å²) in [7, 11) is 0. The van der Waals surface area contributed by atoms with Crippen LogP contribution in [0.1, 0.15) is 37.2 Å². The van der Waals surface area contributed by atoms with E-state index in [4.69, 9.17) is 4.52 Å². The van der Waals surface area contributed by atoms with Crippen molar-refractivity contribution in [1.82, 2.24) is 15.5 Å². The van der Waals surface area contributed by atoms with Gasteiger partial charge in [-0.25, -0.2) is 0 Å². The van der Waals surface area contributed by atoms with Crippen LogP contribution in [-0.2, 0) is 6.42 Å². The minimum Gasteiger partial charge on any atom is -0.334 e. The fourth-order valence-electron chi connectivity index (χ4n) is 2.43. The Hall–Kier alpha value is -1.68. The van der Waals surface area contributed by atoms with Crippen molar-refractivity contribution >= 4 is 0 Å². The Bertz CT molecular complexity index is 529. The second kappa shape index (κ2) is 4.90. The van der Waals surface area contributed by atoms with Gasteiger partial charge in [-0.15, -0.1) is 0 Å². The number of nitrogens with zero attached hydrogens (tertiary/aromatic N) is 2. The summed E-state index contributed by atoms with van der Waals surface area (Å²) >= 11 is 0. The molecule has 4 heteroatoms. The van der Waals surface area contributed by atoms with E-state index in [0.29, 0.717) is 5.89 Å². The number of rotatable bonds is 3. The van der Waals surface area contributed by atoms with Crippen molar-refractivity contribution in [3.63, 3.8) is 0 Å². The SMILES string of the molecule is CCc1ccccc1-c1nc(C2CCCN2)no1. The summed E-state index contributed by atoms with van der Waals surface area (Å²) < 4.78 is 5.40. The van der Waals surface area contributed by atoms with E-state index in [1.807, 2.05) is 18.2 Å². The molecule has 0 radical (unpaired) electrons.